The molecule has 14 heavy (non-hydrogen) atoms. The number of nitrogens with one attached hydrogen (secondary N) is 1. The summed E-state index contributed by atoms with van der Waals surface area (Å²) in [6, 6.07) is 0. The molecule has 6 heteroatoms. The Morgan fingerprint density at radius 1 is 1.43 bits per heavy atom. The fourth-order valence-corrected chi connectivity index (χ4v) is 0.814. The lowest BCUT2D eigenvalue weighted by Gasteiger charge is -2.05. The van der Waals surface area contributed by atoms with Crippen molar-refractivity contribution in [3.8, 4) is 0 Å². The van der Waals surface area contributed by atoms with Crippen molar-refractivity contribution in [1.29, 1.82) is 0 Å². The first kappa shape index (κ1) is 10.8. The van der Waals surface area contributed by atoms with Crippen LogP contribution in [0.2, 0.25) is 0 Å². The van der Waals surface area contributed by atoms with Gasteiger partial charge < -0.3 is 10.1 Å². The molecule has 0 saturated carbocycles. The van der Waals surface area contributed by atoms with E-state index < -0.39 is 13.0 Å². The van der Waals surface area contributed by atoms with Crippen molar-refractivity contribution in [1.82, 2.24) is 9.97 Å². The van der Waals surface area contributed by atoms with Crippen LogP contribution in [0.4, 0.5) is 14.6 Å². The number of hydrogen-bond donors (Lipinski definition) is 1. The molecule has 0 aliphatic rings. The molecular formula is C8H11F2N3O. The highest BCUT2D eigenvalue weighted by molar-refractivity contribution is 5.29. The van der Waals surface area contributed by atoms with Crippen LogP contribution in [-0.2, 0) is 4.74 Å². The molecule has 0 fully saturated rings. The summed E-state index contributed by atoms with van der Waals surface area (Å²) >= 11 is 0. The minimum atomic E-state index is -2.41. The van der Waals surface area contributed by atoms with Crippen LogP contribution in [0.1, 0.15) is 0 Å². The van der Waals surface area contributed by atoms with E-state index in [2.05, 4.69) is 20.0 Å². The Hall–Kier alpha value is -1.30. The Bertz CT molecular complexity index is 246. The zero-order chi connectivity index (χ0) is 10.2. The van der Waals surface area contributed by atoms with Crippen molar-refractivity contribution in [2.45, 2.75) is 6.43 Å². The highest BCUT2D eigenvalue weighted by atomic mass is 19.3. The van der Waals surface area contributed by atoms with Crippen LogP contribution in [0.5, 0.6) is 0 Å². The summed E-state index contributed by atoms with van der Waals surface area (Å²) in [5, 5.41) is 2.87. The van der Waals surface area contributed by atoms with E-state index in [4.69, 9.17) is 0 Å². The summed E-state index contributed by atoms with van der Waals surface area (Å²) in [6.07, 6.45) is 2.24. The lowest BCUT2D eigenvalue weighted by Crippen LogP contribution is -2.13. The zero-order valence-electron chi connectivity index (χ0n) is 7.49. The summed E-state index contributed by atoms with van der Waals surface area (Å²) < 4.78 is 27.9. The van der Waals surface area contributed by atoms with E-state index in [0.29, 0.717) is 12.4 Å². The zero-order valence-corrected chi connectivity index (χ0v) is 7.49. The van der Waals surface area contributed by atoms with Gasteiger partial charge in [-0.05, 0) is 0 Å². The summed E-state index contributed by atoms with van der Waals surface area (Å²) in [7, 11) is 0. The third kappa shape index (κ3) is 4.66. The van der Waals surface area contributed by atoms with Gasteiger partial charge in [-0.25, -0.2) is 13.8 Å². The highest BCUT2D eigenvalue weighted by Crippen LogP contribution is 1.96. The quantitative estimate of drug-likeness (QED) is 0.705. The van der Waals surface area contributed by atoms with Crippen molar-refractivity contribution in [2.24, 2.45) is 0 Å². The molecule has 0 spiro atoms. The first-order valence-electron chi connectivity index (χ1n) is 4.15. The maximum absolute atomic E-state index is 11.6. The van der Waals surface area contributed by atoms with Crippen LogP contribution in [0.3, 0.4) is 0 Å². The van der Waals surface area contributed by atoms with Gasteiger partial charge in [-0.15, -0.1) is 0 Å². The SMILES string of the molecule is FC(F)COCCNc1cnccn1. The standard InChI is InChI=1S/C8H11F2N3O/c9-7(10)6-14-4-3-13-8-5-11-1-2-12-8/h1-2,5,7H,3-4,6H2,(H,12,13). The normalized spacial score (nSPS) is 10.5. The fourth-order valence-electron chi connectivity index (χ4n) is 0.814. The predicted molar refractivity (Wildman–Crippen MR) is 47.3 cm³/mol. The Morgan fingerprint density at radius 3 is 2.93 bits per heavy atom. The number of alkyl halides is 2. The van der Waals surface area contributed by atoms with Crippen LogP contribution in [0, 0.1) is 0 Å². The third-order valence-electron chi connectivity index (χ3n) is 1.36. The van der Waals surface area contributed by atoms with Crippen molar-refractivity contribution < 1.29 is 13.5 Å². The molecule has 0 unspecified atom stereocenters. The molecule has 0 saturated heterocycles. The second-order valence-electron chi connectivity index (χ2n) is 2.48. The van der Waals surface area contributed by atoms with Crippen molar-refractivity contribution in [3.05, 3.63) is 18.6 Å². The second-order valence-corrected chi connectivity index (χ2v) is 2.48. The summed E-state index contributed by atoms with van der Waals surface area (Å²) in [4.78, 5) is 7.76. The number of halogens is 2. The van der Waals surface area contributed by atoms with Gasteiger partial charge in [0.15, 0.2) is 0 Å². The predicted octanol–water partition coefficient (Wildman–Crippen LogP) is 1.17. The monoisotopic (exact) mass is 203 g/mol. The highest BCUT2D eigenvalue weighted by Gasteiger charge is 2.00. The van der Waals surface area contributed by atoms with Crippen LogP contribution >= 0.6 is 0 Å². The number of anilines is 1. The molecular weight excluding hydrogens is 192 g/mol. The van der Waals surface area contributed by atoms with Gasteiger partial charge in [0, 0.05) is 18.9 Å². The van der Waals surface area contributed by atoms with Gasteiger partial charge in [-0.2, -0.15) is 0 Å². The minimum absolute atomic E-state index is 0.223. The molecule has 1 rings (SSSR count). The number of hydrogen-bond acceptors (Lipinski definition) is 4. The van der Waals surface area contributed by atoms with E-state index >= 15 is 0 Å². The van der Waals surface area contributed by atoms with E-state index in [1.807, 2.05) is 0 Å². The number of ether oxygens (including phenoxy) is 1. The van der Waals surface area contributed by atoms with Crippen molar-refractivity contribution in [3.63, 3.8) is 0 Å². The van der Waals surface area contributed by atoms with Crippen LogP contribution in [-0.4, -0.2) is 36.2 Å². The van der Waals surface area contributed by atoms with E-state index in [9.17, 15) is 8.78 Å². The second kappa shape index (κ2) is 6.20. The van der Waals surface area contributed by atoms with Crippen LogP contribution in [0.15, 0.2) is 18.6 Å². The van der Waals surface area contributed by atoms with Gasteiger partial charge in [0.25, 0.3) is 6.43 Å². The minimum Gasteiger partial charge on any atom is -0.374 e. The average Bonchev–Trinajstić information content (AvgIpc) is 2.18. The fraction of sp³-hybridized carbons (Fsp3) is 0.500. The van der Waals surface area contributed by atoms with E-state index in [-0.39, 0.29) is 6.61 Å². The molecule has 1 aromatic rings. The molecule has 1 heterocycles. The molecule has 0 bridgehead atoms. The molecule has 4 nitrogen and oxygen atoms in total. The third-order valence-corrected chi connectivity index (χ3v) is 1.36. The molecule has 0 radical (unpaired) electrons. The van der Waals surface area contributed by atoms with Gasteiger partial charge >= 0.3 is 0 Å². The summed E-state index contributed by atoms with van der Waals surface area (Å²) in [5.41, 5.74) is 0. The number of nitrogens with zero attached hydrogens (tertiary/aromatic N) is 2. The van der Waals surface area contributed by atoms with Gasteiger partial charge in [-0.1, -0.05) is 0 Å². The van der Waals surface area contributed by atoms with Gasteiger partial charge in [0.2, 0.25) is 0 Å². The van der Waals surface area contributed by atoms with E-state index in [1.165, 1.54) is 0 Å². The molecule has 78 valence electrons. The Labute approximate surface area is 80.3 Å². The molecule has 1 aromatic heterocycles. The molecule has 1 N–H and O–H groups in total. The van der Waals surface area contributed by atoms with Crippen molar-refractivity contribution >= 4 is 5.82 Å². The lowest BCUT2D eigenvalue weighted by molar-refractivity contribution is 0.0215. The lowest BCUT2D eigenvalue weighted by atomic mass is 10.6. The Balaban J connectivity index is 2.05. The molecule has 0 amide bonds. The average molecular weight is 203 g/mol. The summed E-state index contributed by atoms with van der Waals surface area (Å²) in [5.74, 6) is 0.605. The van der Waals surface area contributed by atoms with Crippen LogP contribution in [0.25, 0.3) is 0 Å². The van der Waals surface area contributed by atoms with E-state index in [1.54, 1.807) is 18.6 Å². The van der Waals surface area contributed by atoms with Gasteiger partial charge in [-0.3, -0.25) is 4.98 Å². The first-order chi connectivity index (χ1) is 6.79. The maximum Gasteiger partial charge on any atom is 0.261 e. The van der Waals surface area contributed by atoms with Crippen molar-refractivity contribution in [2.75, 3.05) is 25.1 Å². The number of rotatable bonds is 6. The van der Waals surface area contributed by atoms with Crippen LogP contribution < -0.4 is 5.32 Å². The Morgan fingerprint density at radius 2 is 2.29 bits per heavy atom. The summed E-state index contributed by atoms with van der Waals surface area (Å²) in [6.45, 7) is 0.133. The molecule has 0 aliphatic carbocycles. The maximum atomic E-state index is 11.6. The molecule has 0 aliphatic heterocycles. The van der Waals surface area contributed by atoms with Gasteiger partial charge in [0.1, 0.15) is 12.4 Å². The van der Waals surface area contributed by atoms with Gasteiger partial charge in [0.05, 0.1) is 12.8 Å². The number of aromatic nitrogens is 2. The smallest absolute Gasteiger partial charge is 0.261 e. The van der Waals surface area contributed by atoms with E-state index in [0.717, 1.165) is 0 Å². The Kier molecular flexibility index (Phi) is 4.77. The largest absolute Gasteiger partial charge is 0.374 e. The molecule has 0 aromatic carbocycles. The topological polar surface area (TPSA) is 47.0 Å². The molecule has 0 atom stereocenters. The first-order valence-corrected chi connectivity index (χ1v) is 4.15.